The molecular weight excluding hydrogens is 246 g/mol. The number of ether oxygens (including phenoxy) is 2. The zero-order valence-corrected chi connectivity index (χ0v) is 11.6. The first-order valence-electron chi connectivity index (χ1n) is 6.18. The van der Waals surface area contributed by atoms with Crippen molar-refractivity contribution in [3.8, 4) is 0 Å². The molecule has 0 saturated carbocycles. The Labute approximate surface area is 113 Å². The van der Waals surface area contributed by atoms with E-state index in [4.69, 9.17) is 14.6 Å². The van der Waals surface area contributed by atoms with Crippen LogP contribution in [0.4, 0.5) is 5.69 Å². The average Bonchev–Trinajstić information content (AvgIpc) is 2.40. The fourth-order valence-electron chi connectivity index (χ4n) is 1.94. The topological polar surface area (TPSA) is 59.0 Å². The van der Waals surface area contributed by atoms with E-state index in [2.05, 4.69) is 4.90 Å². The minimum absolute atomic E-state index is 0.143. The molecule has 0 radical (unpaired) electrons. The number of rotatable bonds is 8. The third-order valence-electron chi connectivity index (χ3n) is 2.90. The molecule has 0 spiro atoms. The lowest BCUT2D eigenvalue weighted by atomic mass is 10.1. The quantitative estimate of drug-likeness (QED) is 0.779. The summed E-state index contributed by atoms with van der Waals surface area (Å²) in [4.78, 5) is 13.1. The predicted octanol–water partition coefficient (Wildman–Crippen LogP) is 1.87. The van der Waals surface area contributed by atoms with Gasteiger partial charge in [0.15, 0.2) is 0 Å². The molecule has 19 heavy (non-hydrogen) atoms. The third kappa shape index (κ3) is 4.54. The number of nitrogens with zero attached hydrogens (tertiary/aromatic N) is 1. The fraction of sp³-hybridized carbons (Fsp3) is 0.500. The molecule has 0 aliphatic rings. The number of hydrogen-bond acceptors (Lipinski definition) is 4. The van der Waals surface area contributed by atoms with Crippen molar-refractivity contribution in [3.05, 3.63) is 29.8 Å². The van der Waals surface area contributed by atoms with Crippen molar-refractivity contribution in [3.63, 3.8) is 0 Å². The minimum Gasteiger partial charge on any atom is -0.478 e. The van der Waals surface area contributed by atoms with E-state index < -0.39 is 5.97 Å². The van der Waals surface area contributed by atoms with E-state index in [1.807, 2.05) is 13.0 Å². The Kier molecular flexibility index (Phi) is 6.32. The van der Waals surface area contributed by atoms with E-state index in [1.54, 1.807) is 32.4 Å². The van der Waals surface area contributed by atoms with Gasteiger partial charge < -0.3 is 19.5 Å². The first-order chi connectivity index (χ1) is 9.10. The second-order valence-corrected chi connectivity index (χ2v) is 4.35. The van der Waals surface area contributed by atoms with Gasteiger partial charge in [-0.1, -0.05) is 6.07 Å². The summed E-state index contributed by atoms with van der Waals surface area (Å²) < 4.78 is 10.3. The predicted molar refractivity (Wildman–Crippen MR) is 74.0 cm³/mol. The smallest absolute Gasteiger partial charge is 0.335 e. The number of carboxylic acid groups (broad SMARTS) is 1. The SMILES string of the molecule is COCCN(c1cccc(C(=O)O)c1)C(C)COC. The summed E-state index contributed by atoms with van der Waals surface area (Å²) in [5.74, 6) is -0.923. The molecule has 0 saturated heterocycles. The van der Waals surface area contributed by atoms with Crippen molar-refractivity contribution in [2.24, 2.45) is 0 Å². The highest BCUT2D eigenvalue weighted by molar-refractivity contribution is 5.88. The average molecular weight is 267 g/mol. The number of hydrogen-bond donors (Lipinski definition) is 1. The fourth-order valence-corrected chi connectivity index (χ4v) is 1.94. The molecule has 0 aliphatic carbocycles. The molecule has 0 amide bonds. The first-order valence-corrected chi connectivity index (χ1v) is 6.18. The van der Waals surface area contributed by atoms with E-state index in [9.17, 15) is 4.79 Å². The van der Waals surface area contributed by atoms with Crippen molar-refractivity contribution in [2.75, 3.05) is 38.9 Å². The molecule has 0 bridgehead atoms. The molecule has 0 aliphatic heterocycles. The Bertz CT molecular complexity index is 408. The van der Waals surface area contributed by atoms with Gasteiger partial charge in [-0.25, -0.2) is 4.79 Å². The normalized spacial score (nSPS) is 12.2. The molecular formula is C14H21NO4. The molecule has 1 unspecified atom stereocenters. The lowest BCUT2D eigenvalue weighted by Gasteiger charge is -2.31. The van der Waals surface area contributed by atoms with Crippen molar-refractivity contribution in [2.45, 2.75) is 13.0 Å². The molecule has 106 valence electrons. The lowest BCUT2D eigenvalue weighted by Crippen LogP contribution is -2.38. The summed E-state index contributed by atoms with van der Waals surface area (Å²) in [5.41, 5.74) is 1.14. The zero-order chi connectivity index (χ0) is 14.3. The maximum Gasteiger partial charge on any atom is 0.335 e. The van der Waals surface area contributed by atoms with Gasteiger partial charge in [0.25, 0.3) is 0 Å². The summed E-state index contributed by atoms with van der Waals surface area (Å²) in [7, 11) is 3.30. The van der Waals surface area contributed by atoms with Gasteiger partial charge in [-0.05, 0) is 25.1 Å². The lowest BCUT2D eigenvalue weighted by molar-refractivity contribution is 0.0697. The molecule has 1 aromatic rings. The van der Waals surface area contributed by atoms with Crippen LogP contribution in [0.5, 0.6) is 0 Å². The zero-order valence-electron chi connectivity index (χ0n) is 11.6. The summed E-state index contributed by atoms with van der Waals surface area (Å²) >= 11 is 0. The van der Waals surface area contributed by atoms with E-state index >= 15 is 0 Å². The number of benzene rings is 1. The standard InChI is InChI=1S/C14H21NO4/c1-11(10-19-3)15(7-8-18-2)13-6-4-5-12(9-13)14(16)17/h4-6,9,11H,7-8,10H2,1-3H3,(H,16,17). The highest BCUT2D eigenvalue weighted by Crippen LogP contribution is 2.19. The van der Waals surface area contributed by atoms with Gasteiger partial charge >= 0.3 is 5.97 Å². The van der Waals surface area contributed by atoms with Gasteiger partial charge in [-0.15, -0.1) is 0 Å². The molecule has 0 aromatic heterocycles. The van der Waals surface area contributed by atoms with Crippen molar-refractivity contribution >= 4 is 11.7 Å². The maximum absolute atomic E-state index is 11.0. The number of methoxy groups -OCH3 is 2. The van der Waals surface area contributed by atoms with Crippen molar-refractivity contribution in [1.82, 2.24) is 0 Å². The molecule has 1 N–H and O–H groups in total. The number of aromatic carboxylic acids is 1. The van der Waals surface area contributed by atoms with Crippen molar-refractivity contribution < 1.29 is 19.4 Å². The Morgan fingerprint density at radius 2 is 2.11 bits per heavy atom. The summed E-state index contributed by atoms with van der Waals surface area (Å²) in [6.45, 7) is 3.86. The highest BCUT2D eigenvalue weighted by atomic mass is 16.5. The van der Waals surface area contributed by atoms with Crippen LogP contribution in [-0.2, 0) is 9.47 Å². The highest BCUT2D eigenvalue weighted by Gasteiger charge is 2.15. The Morgan fingerprint density at radius 1 is 1.37 bits per heavy atom. The van der Waals surface area contributed by atoms with Crippen LogP contribution >= 0.6 is 0 Å². The molecule has 5 nitrogen and oxygen atoms in total. The third-order valence-corrected chi connectivity index (χ3v) is 2.90. The molecule has 5 heteroatoms. The van der Waals surface area contributed by atoms with Crippen LogP contribution in [0.15, 0.2) is 24.3 Å². The van der Waals surface area contributed by atoms with E-state index in [0.717, 1.165) is 5.69 Å². The van der Waals surface area contributed by atoms with Gasteiger partial charge in [0.05, 0.1) is 18.8 Å². The van der Waals surface area contributed by atoms with E-state index in [-0.39, 0.29) is 11.6 Å². The summed E-state index contributed by atoms with van der Waals surface area (Å²) in [6.07, 6.45) is 0. The van der Waals surface area contributed by atoms with Crippen LogP contribution in [0.1, 0.15) is 17.3 Å². The van der Waals surface area contributed by atoms with Crippen LogP contribution < -0.4 is 4.90 Å². The Balaban J connectivity index is 2.95. The number of carbonyl (C=O) groups is 1. The number of carboxylic acids is 1. The minimum atomic E-state index is -0.923. The second kappa shape index (κ2) is 7.76. The van der Waals surface area contributed by atoms with Gasteiger partial charge in [0, 0.05) is 32.5 Å². The van der Waals surface area contributed by atoms with Crippen LogP contribution in [0.2, 0.25) is 0 Å². The van der Waals surface area contributed by atoms with Crippen LogP contribution in [0.3, 0.4) is 0 Å². The molecule has 1 atom stereocenters. The Hall–Kier alpha value is -1.59. The van der Waals surface area contributed by atoms with E-state index in [0.29, 0.717) is 19.8 Å². The van der Waals surface area contributed by atoms with E-state index in [1.165, 1.54) is 0 Å². The Morgan fingerprint density at radius 3 is 2.68 bits per heavy atom. The molecule has 1 aromatic carbocycles. The second-order valence-electron chi connectivity index (χ2n) is 4.35. The van der Waals surface area contributed by atoms with Gasteiger partial charge in [0.1, 0.15) is 0 Å². The van der Waals surface area contributed by atoms with Gasteiger partial charge in [0.2, 0.25) is 0 Å². The molecule has 0 fully saturated rings. The van der Waals surface area contributed by atoms with Crippen LogP contribution in [0, 0.1) is 0 Å². The van der Waals surface area contributed by atoms with Gasteiger partial charge in [-0.2, -0.15) is 0 Å². The number of anilines is 1. The van der Waals surface area contributed by atoms with Crippen LogP contribution in [0.25, 0.3) is 0 Å². The summed E-state index contributed by atoms with van der Waals surface area (Å²) in [6, 6.07) is 7.04. The largest absolute Gasteiger partial charge is 0.478 e. The van der Waals surface area contributed by atoms with Crippen molar-refractivity contribution in [1.29, 1.82) is 0 Å². The monoisotopic (exact) mass is 267 g/mol. The van der Waals surface area contributed by atoms with Gasteiger partial charge in [-0.3, -0.25) is 0 Å². The first kappa shape index (κ1) is 15.5. The maximum atomic E-state index is 11.0. The summed E-state index contributed by atoms with van der Waals surface area (Å²) in [5, 5.41) is 9.04. The molecule has 0 heterocycles. The molecule has 1 rings (SSSR count). The van der Waals surface area contributed by atoms with Crippen LogP contribution in [-0.4, -0.2) is 51.1 Å².